The molecule has 35 atom stereocenters. The van der Waals surface area contributed by atoms with E-state index in [9.17, 15) is 111 Å². The number of rotatable bonds is 23. The average Bonchev–Trinajstić information content (AvgIpc) is 0.837. The summed E-state index contributed by atoms with van der Waals surface area (Å²) in [5, 5.41) is 206. The number of aliphatic hydroxyl groups excluding tert-OH is 18. The third-order valence-electron chi connectivity index (χ3n) is 16.4. The Morgan fingerprint density at radius 2 is 0.600 bits per heavy atom. The molecule has 90 heavy (non-hydrogen) atoms. The van der Waals surface area contributed by atoms with Crippen molar-refractivity contribution in [1.29, 1.82) is 0 Å². The molecule has 0 radical (unpaired) electrons. The highest BCUT2D eigenvalue weighted by Gasteiger charge is 2.59. The minimum Gasteiger partial charge on any atom is -0.394 e. The van der Waals surface area contributed by atoms with Crippen LogP contribution in [0.3, 0.4) is 0 Å². The summed E-state index contributed by atoms with van der Waals surface area (Å²) in [6, 6.07) is -6.27. The van der Waals surface area contributed by atoms with Crippen LogP contribution >= 0.6 is 0 Å². The zero-order chi connectivity index (χ0) is 66.5. The molecule has 4 amide bonds. The van der Waals surface area contributed by atoms with Gasteiger partial charge in [-0.3, -0.25) is 19.2 Å². The van der Waals surface area contributed by atoms with Crippen molar-refractivity contribution in [2.45, 2.75) is 249 Å². The third-order valence-corrected chi connectivity index (χ3v) is 16.4. The highest BCUT2D eigenvalue weighted by molar-refractivity contribution is 5.74. The summed E-state index contributed by atoms with van der Waals surface area (Å²) >= 11 is 0. The van der Waals surface area contributed by atoms with E-state index in [2.05, 4.69) is 21.3 Å². The molecule has 0 saturated carbocycles. The number of aliphatic hydroxyl groups is 18. The van der Waals surface area contributed by atoms with Gasteiger partial charge in [-0.1, -0.05) is 0 Å². The summed E-state index contributed by atoms with van der Waals surface area (Å²) in [4.78, 5) is 49.9. The van der Waals surface area contributed by atoms with Gasteiger partial charge in [0.1, 0.15) is 165 Å². The van der Waals surface area contributed by atoms with E-state index < -0.39 is 284 Å². The molecule has 7 saturated heterocycles. The van der Waals surface area contributed by atoms with E-state index in [1.807, 2.05) is 0 Å². The van der Waals surface area contributed by atoms with Crippen molar-refractivity contribution < 1.29 is 173 Å². The molecule has 14 unspecified atom stereocenters. The quantitative estimate of drug-likeness (QED) is 0.0452. The zero-order valence-electron chi connectivity index (χ0n) is 49.1. The Labute approximate surface area is 512 Å². The first-order chi connectivity index (χ1) is 42.5. The van der Waals surface area contributed by atoms with Crippen molar-refractivity contribution in [3.05, 3.63) is 0 Å². The van der Waals surface area contributed by atoms with Crippen LogP contribution in [0.25, 0.3) is 0 Å². The summed E-state index contributed by atoms with van der Waals surface area (Å²) in [6.45, 7) is -0.834. The lowest BCUT2D eigenvalue weighted by Gasteiger charge is -2.50. The van der Waals surface area contributed by atoms with Crippen LogP contribution in [0.5, 0.6) is 0 Å². The predicted octanol–water partition coefficient (Wildman–Crippen LogP) is -14.6. The normalized spacial score (nSPS) is 47.6. The molecule has 0 aromatic rings. The first-order valence-corrected chi connectivity index (χ1v) is 28.9. The van der Waals surface area contributed by atoms with Crippen LogP contribution in [0, 0.1) is 0 Å². The summed E-state index contributed by atoms with van der Waals surface area (Å²) < 4.78 is 76.1. The molecule has 22 N–H and O–H groups in total. The maximum absolute atomic E-state index is 12.8. The summed E-state index contributed by atoms with van der Waals surface area (Å²) in [7, 11) is 0. The first kappa shape index (κ1) is 74.0. The fourth-order valence-corrected chi connectivity index (χ4v) is 11.8. The number of nitrogens with one attached hydrogen (secondary N) is 4. The van der Waals surface area contributed by atoms with Crippen molar-refractivity contribution in [2.24, 2.45) is 0 Å². The molecule has 7 heterocycles. The minimum atomic E-state index is -2.24. The Bertz CT molecular complexity index is 2310. The molecule has 0 aromatic carbocycles. The van der Waals surface area contributed by atoms with Crippen LogP contribution in [-0.4, -0.2) is 376 Å². The highest BCUT2D eigenvalue weighted by Crippen LogP contribution is 2.37. The second-order valence-electron chi connectivity index (χ2n) is 22.9. The molecule has 7 aliphatic rings. The van der Waals surface area contributed by atoms with Gasteiger partial charge in [-0.25, -0.2) is 0 Å². The van der Waals surface area contributed by atoms with E-state index in [0.29, 0.717) is 0 Å². The predicted molar refractivity (Wildman–Crippen MR) is 282 cm³/mol. The van der Waals surface area contributed by atoms with Gasteiger partial charge >= 0.3 is 0 Å². The zero-order valence-corrected chi connectivity index (χ0v) is 49.1. The highest BCUT2D eigenvalue weighted by atomic mass is 16.8. The number of carbonyl (C=O) groups is 4. The lowest BCUT2D eigenvalue weighted by atomic mass is 9.92. The van der Waals surface area contributed by atoms with Gasteiger partial charge in [0, 0.05) is 27.7 Å². The molecule has 7 rings (SSSR count). The Kier molecular flexibility index (Phi) is 26.6. The lowest BCUT2D eigenvalue weighted by Crippen LogP contribution is -2.70. The summed E-state index contributed by atoms with van der Waals surface area (Å²) in [5.74, 6) is -3.05. The minimum absolute atomic E-state index is 0.614. The molecule has 0 aliphatic carbocycles. The van der Waals surface area contributed by atoms with Crippen LogP contribution in [-0.2, 0) is 80.8 Å². The van der Waals surface area contributed by atoms with E-state index in [-0.39, 0.29) is 0 Å². The molecule has 39 heteroatoms. The maximum atomic E-state index is 12.8. The number of ether oxygens (including phenoxy) is 13. The van der Waals surface area contributed by atoms with E-state index in [4.69, 9.17) is 61.6 Å². The summed E-state index contributed by atoms with van der Waals surface area (Å²) in [5.41, 5.74) is 0. The first-order valence-electron chi connectivity index (χ1n) is 28.9. The second-order valence-corrected chi connectivity index (χ2v) is 22.9. The molecular formula is C51H86N4O35. The van der Waals surface area contributed by atoms with Crippen molar-refractivity contribution in [2.75, 3.05) is 46.2 Å². The molecule has 520 valence electrons. The second kappa shape index (κ2) is 32.4. The fraction of sp³-hybridized carbons (Fsp3) is 0.922. The fourth-order valence-electron chi connectivity index (χ4n) is 11.8. The third kappa shape index (κ3) is 16.5. The van der Waals surface area contributed by atoms with Gasteiger partial charge in [0.15, 0.2) is 37.7 Å². The Morgan fingerprint density at radius 3 is 1.01 bits per heavy atom. The number of carbonyl (C=O) groups excluding carboxylic acids is 4. The van der Waals surface area contributed by atoms with Crippen molar-refractivity contribution >= 4 is 23.6 Å². The van der Waals surface area contributed by atoms with Gasteiger partial charge in [-0.2, -0.15) is 0 Å². The number of hydrogen-bond acceptors (Lipinski definition) is 35. The van der Waals surface area contributed by atoms with E-state index >= 15 is 0 Å². The molecule has 7 aliphatic heterocycles. The van der Waals surface area contributed by atoms with Gasteiger partial charge < -0.3 is 175 Å². The monoisotopic (exact) mass is 1310 g/mol. The molecular weight excluding hydrogens is 1230 g/mol. The average molecular weight is 1320 g/mol. The maximum Gasteiger partial charge on any atom is 0.217 e. The molecule has 39 nitrogen and oxygen atoms in total. The Balaban J connectivity index is 1.06. The molecule has 0 spiro atoms. The van der Waals surface area contributed by atoms with E-state index in [1.54, 1.807) is 0 Å². The Morgan fingerprint density at radius 1 is 0.300 bits per heavy atom. The van der Waals surface area contributed by atoms with Gasteiger partial charge in [0.25, 0.3) is 0 Å². The van der Waals surface area contributed by atoms with Crippen LogP contribution in [0.1, 0.15) is 34.6 Å². The standard InChI is InChI=1S/C51H86N4O35/c1-13-25(52-14(2)62)43(88-49-38(75)37(74)30(67)19(7-57)81-49)33(70)24(79-13)12-78-46-27(54-16(4)64)35(72)41(22(10-60)84-46)86-50-40(77)45(32(69)21(9-59)82-50)90-48-28(55-17(5)65)36(73)42(23(11-61)85-48)87-51-39(76)44(31(68)20(8-58)83-51)89-47-26(53-15(3)63)34(71)29(66)18(6-56)80-47/h13,18-51,56-61,66-77H,6-12H2,1-5H3,(H,52,62)(H,53,63)(H,54,64)(H,55,65)/t13-,18?,19?,20?,21?,22?,23?,24?,25?,26?,27?,28?,29+,30-,31-,32-,33-,34+,35+,36+,37-,38?,39?,40?,41+,42+,43+,44-,45-,46+,47-,48-,49-,50-,51-/m0/s1. The van der Waals surface area contributed by atoms with Crippen molar-refractivity contribution in [1.82, 2.24) is 21.3 Å². The SMILES string of the molecule is CC(=O)NC1[C@H](O[C@@H]2C(O)[C@H](O[C@@H]3C(CO)O[C@@H](O[C@@H]4C(O)[C@H](O[C@@H]5C(CO)O[C@@H](OCC6O[C@@H](C)C(NC(C)=O)[C@@H](O[C@@H]7OC(CO)[C@H](O)[C@H](O)C7O)[C@H]6O)C(NC(C)=O)[C@H]5O)OC(CO)[C@@H]4O)C(NC(C)=O)[C@H]3O)OC(CO)[C@@H]2O)OC(CO)[C@@H](O)[C@@H]1O. The van der Waals surface area contributed by atoms with Crippen molar-refractivity contribution in [3.63, 3.8) is 0 Å². The van der Waals surface area contributed by atoms with Crippen LogP contribution < -0.4 is 21.3 Å². The van der Waals surface area contributed by atoms with Gasteiger partial charge in [-0.05, 0) is 6.92 Å². The topological polar surface area (TPSA) is 601 Å². The van der Waals surface area contributed by atoms with E-state index in [0.717, 1.165) is 27.7 Å². The smallest absolute Gasteiger partial charge is 0.217 e. The lowest BCUT2D eigenvalue weighted by molar-refractivity contribution is -0.383. The molecule has 0 bridgehead atoms. The van der Waals surface area contributed by atoms with Gasteiger partial charge in [0.2, 0.25) is 23.6 Å². The van der Waals surface area contributed by atoms with Crippen molar-refractivity contribution in [3.8, 4) is 0 Å². The van der Waals surface area contributed by atoms with Gasteiger partial charge in [0.05, 0.1) is 58.4 Å². The van der Waals surface area contributed by atoms with E-state index in [1.165, 1.54) is 6.92 Å². The van der Waals surface area contributed by atoms with Crippen LogP contribution in [0.15, 0.2) is 0 Å². The summed E-state index contributed by atoms with van der Waals surface area (Å²) in [6.07, 6.45) is -56.7. The van der Waals surface area contributed by atoms with Crippen LogP contribution in [0.2, 0.25) is 0 Å². The number of amides is 4. The number of hydrogen-bond donors (Lipinski definition) is 22. The van der Waals surface area contributed by atoms with Gasteiger partial charge in [-0.15, -0.1) is 0 Å². The van der Waals surface area contributed by atoms with Crippen LogP contribution in [0.4, 0.5) is 0 Å². The Hall–Kier alpha value is -3.36. The molecule has 7 fully saturated rings. The molecule has 0 aromatic heterocycles. The largest absolute Gasteiger partial charge is 0.394 e.